The molecule has 0 saturated carbocycles. The van der Waals surface area contributed by atoms with Crippen LogP contribution in [0.1, 0.15) is 5.56 Å². The molecule has 0 aliphatic carbocycles. The van der Waals surface area contributed by atoms with Gasteiger partial charge in [0.2, 0.25) is 0 Å². The predicted octanol–water partition coefficient (Wildman–Crippen LogP) is 2.30. The van der Waals surface area contributed by atoms with Crippen molar-refractivity contribution < 1.29 is 9.84 Å². The average molecular weight is 239 g/mol. The number of aromatic nitrogens is 2. The van der Waals surface area contributed by atoms with Crippen LogP contribution in [0.2, 0.25) is 5.15 Å². The molecule has 0 bridgehead atoms. The summed E-state index contributed by atoms with van der Waals surface area (Å²) in [6, 6.07) is 6.90. The van der Waals surface area contributed by atoms with Gasteiger partial charge in [-0.25, -0.2) is 4.68 Å². The summed E-state index contributed by atoms with van der Waals surface area (Å²) in [5.74, 6) is 0.799. The van der Waals surface area contributed by atoms with Gasteiger partial charge in [0.05, 0.1) is 19.9 Å². The van der Waals surface area contributed by atoms with E-state index in [1.54, 1.807) is 30.1 Å². The van der Waals surface area contributed by atoms with E-state index in [4.69, 9.17) is 21.4 Å². The summed E-state index contributed by atoms with van der Waals surface area (Å²) in [7, 11) is 1.55. The molecule has 0 fully saturated rings. The fourth-order valence-electron chi connectivity index (χ4n) is 1.37. The molecular formula is C11H11ClN2O2. The van der Waals surface area contributed by atoms with Crippen LogP contribution in [-0.4, -0.2) is 22.0 Å². The van der Waals surface area contributed by atoms with E-state index in [1.807, 2.05) is 12.1 Å². The van der Waals surface area contributed by atoms with Gasteiger partial charge in [0.1, 0.15) is 5.75 Å². The second kappa shape index (κ2) is 4.45. The number of phenolic OH excluding ortho intramolecular Hbond substituents is 1. The zero-order chi connectivity index (χ0) is 11.5. The van der Waals surface area contributed by atoms with Crippen LogP contribution in [0, 0.1) is 0 Å². The lowest BCUT2D eigenvalue weighted by molar-refractivity contribution is 0.414. The molecule has 2 rings (SSSR count). The lowest BCUT2D eigenvalue weighted by Gasteiger charge is -2.04. The van der Waals surface area contributed by atoms with Gasteiger partial charge in [-0.1, -0.05) is 23.7 Å². The lowest BCUT2D eigenvalue weighted by Crippen LogP contribution is -2.01. The van der Waals surface area contributed by atoms with Crippen molar-refractivity contribution in [3.8, 4) is 11.5 Å². The van der Waals surface area contributed by atoms with Gasteiger partial charge in [-0.05, 0) is 17.7 Å². The van der Waals surface area contributed by atoms with Crippen molar-refractivity contribution in [3.63, 3.8) is 0 Å². The molecule has 0 atom stereocenters. The quantitative estimate of drug-likeness (QED) is 0.893. The number of halogens is 1. The first kappa shape index (κ1) is 10.8. The number of rotatable bonds is 3. The van der Waals surface area contributed by atoms with Gasteiger partial charge < -0.3 is 9.84 Å². The summed E-state index contributed by atoms with van der Waals surface area (Å²) in [6.45, 7) is 0.544. The molecular weight excluding hydrogens is 228 g/mol. The summed E-state index contributed by atoms with van der Waals surface area (Å²) in [5, 5.41) is 13.7. The van der Waals surface area contributed by atoms with Crippen molar-refractivity contribution in [2.24, 2.45) is 0 Å². The van der Waals surface area contributed by atoms with E-state index in [1.165, 1.54) is 0 Å². The van der Waals surface area contributed by atoms with Gasteiger partial charge in [-0.2, -0.15) is 5.10 Å². The minimum Gasteiger partial charge on any atom is -0.508 e. The minimum absolute atomic E-state index is 0.243. The zero-order valence-electron chi connectivity index (χ0n) is 8.72. The standard InChI is InChI=1S/C11H11ClN2O2/c1-16-10-6-13-14(11(10)12)7-8-2-4-9(15)5-3-8/h2-6,15H,7H2,1H3. The molecule has 0 radical (unpaired) electrons. The van der Waals surface area contributed by atoms with Gasteiger partial charge in [-0.3, -0.25) is 0 Å². The molecule has 0 amide bonds. The average Bonchev–Trinajstić information content (AvgIpc) is 2.63. The number of aromatic hydroxyl groups is 1. The van der Waals surface area contributed by atoms with Crippen molar-refractivity contribution in [1.29, 1.82) is 0 Å². The van der Waals surface area contributed by atoms with E-state index in [-0.39, 0.29) is 5.75 Å². The Balaban J connectivity index is 2.20. The van der Waals surface area contributed by atoms with Crippen LogP contribution < -0.4 is 4.74 Å². The third-order valence-electron chi connectivity index (χ3n) is 2.23. The van der Waals surface area contributed by atoms with Gasteiger partial charge in [-0.15, -0.1) is 0 Å². The maximum absolute atomic E-state index is 9.15. The van der Waals surface area contributed by atoms with E-state index in [9.17, 15) is 0 Å². The Morgan fingerprint density at radius 2 is 2.06 bits per heavy atom. The second-order valence-electron chi connectivity index (χ2n) is 3.33. The third-order valence-corrected chi connectivity index (χ3v) is 2.61. The van der Waals surface area contributed by atoms with E-state index in [0.29, 0.717) is 17.4 Å². The Morgan fingerprint density at radius 3 is 2.62 bits per heavy atom. The van der Waals surface area contributed by atoms with Crippen molar-refractivity contribution in [3.05, 3.63) is 41.2 Å². The number of nitrogens with zero attached hydrogens (tertiary/aromatic N) is 2. The molecule has 2 aromatic rings. The number of benzene rings is 1. The van der Waals surface area contributed by atoms with Crippen LogP contribution in [0.25, 0.3) is 0 Å². The normalized spacial score (nSPS) is 10.4. The minimum atomic E-state index is 0.243. The Bertz CT molecular complexity index is 479. The molecule has 4 nitrogen and oxygen atoms in total. The highest BCUT2D eigenvalue weighted by Crippen LogP contribution is 2.24. The number of hydrogen-bond donors (Lipinski definition) is 1. The van der Waals surface area contributed by atoms with Crippen molar-refractivity contribution in [2.45, 2.75) is 6.54 Å². The van der Waals surface area contributed by atoms with Crippen molar-refractivity contribution in [2.75, 3.05) is 7.11 Å². The third kappa shape index (κ3) is 2.12. The Kier molecular flexibility index (Phi) is 3.01. The fraction of sp³-hybridized carbons (Fsp3) is 0.182. The van der Waals surface area contributed by atoms with Crippen LogP contribution in [0.15, 0.2) is 30.5 Å². The molecule has 0 aliphatic heterocycles. The van der Waals surface area contributed by atoms with Gasteiger partial charge in [0, 0.05) is 0 Å². The van der Waals surface area contributed by atoms with E-state index < -0.39 is 0 Å². The van der Waals surface area contributed by atoms with Crippen molar-refractivity contribution in [1.82, 2.24) is 9.78 Å². The van der Waals surface area contributed by atoms with Gasteiger partial charge in [0.15, 0.2) is 10.9 Å². The van der Waals surface area contributed by atoms with Crippen LogP contribution in [-0.2, 0) is 6.54 Å². The van der Waals surface area contributed by atoms with Gasteiger partial charge >= 0.3 is 0 Å². The monoisotopic (exact) mass is 238 g/mol. The topological polar surface area (TPSA) is 47.3 Å². The molecule has 1 N–H and O–H groups in total. The number of hydrogen-bond acceptors (Lipinski definition) is 3. The summed E-state index contributed by atoms with van der Waals surface area (Å²) < 4.78 is 6.66. The molecule has 0 saturated heterocycles. The predicted molar refractivity (Wildman–Crippen MR) is 61.0 cm³/mol. The highest BCUT2D eigenvalue weighted by molar-refractivity contribution is 6.31. The van der Waals surface area contributed by atoms with E-state index >= 15 is 0 Å². The van der Waals surface area contributed by atoms with E-state index in [2.05, 4.69) is 5.10 Å². The molecule has 1 heterocycles. The molecule has 0 spiro atoms. The Hall–Kier alpha value is -1.68. The zero-order valence-corrected chi connectivity index (χ0v) is 9.48. The molecule has 1 aromatic heterocycles. The molecule has 5 heteroatoms. The van der Waals surface area contributed by atoms with Crippen LogP contribution >= 0.6 is 11.6 Å². The van der Waals surface area contributed by atoms with E-state index in [0.717, 1.165) is 5.56 Å². The van der Waals surface area contributed by atoms with Gasteiger partial charge in [0.25, 0.3) is 0 Å². The Morgan fingerprint density at radius 1 is 1.38 bits per heavy atom. The maximum atomic E-state index is 9.15. The molecule has 0 unspecified atom stereocenters. The van der Waals surface area contributed by atoms with Crippen LogP contribution in [0.5, 0.6) is 11.5 Å². The molecule has 84 valence electrons. The highest BCUT2D eigenvalue weighted by Gasteiger charge is 2.08. The molecule has 16 heavy (non-hydrogen) atoms. The van der Waals surface area contributed by atoms with Crippen molar-refractivity contribution >= 4 is 11.6 Å². The number of ether oxygens (including phenoxy) is 1. The highest BCUT2D eigenvalue weighted by atomic mass is 35.5. The smallest absolute Gasteiger partial charge is 0.175 e. The van der Waals surface area contributed by atoms with Crippen LogP contribution in [0.3, 0.4) is 0 Å². The lowest BCUT2D eigenvalue weighted by atomic mass is 10.2. The first-order valence-corrected chi connectivity index (χ1v) is 5.11. The first-order valence-electron chi connectivity index (χ1n) is 4.74. The molecule has 0 aliphatic rings. The summed E-state index contributed by atoms with van der Waals surface area (Å²) in [6.07, 6.45) is 1.57. The summed E-state index contributed by atoms with van der Waals surface area (Å²) >= 11 is 6.03. The second-order valence-corrected chi connectivity index (χ2v) is 3.69. The Labute approximate surface area is 98.0 Å². The fourth-order valence-corrected chi connectivity index (χ4v) is 1.60. The number of methoxy groups -OCH3 is 1. The molecule has 1 aromatic carbocycles. The maximum Gasteiger partial charge on any atom is 0.175 e. The summed E-state index contributed by atoms with van der Waals surface area (Å²) in [5.41, 5.74) is 1.01. The number of phenols is 1. The largest absolute Gasteiger partial charge is 0.508 e. The first-order chi connectivity index (χ1) is 7.70. The SMILES string of the molecule is COc1cnn(Cc2ccc(O)cc2)c1Cl. The summed E-state index contributed by atoms with van der Waals surface area (Å²) in [4.78, 5) is 0. The van der Waals surface area contributed by atoms with Crippen LogP contribution in [0.4, 0.5) is 0 Å².